The van der Waals surface area contributed by atoms with Crippen LogP contribution < -0.4 is 0 Å². The van der Waals surface area contributed by atoms with Crippen LogP contribution in [0.25, 0.3) is 50.0 Å². The molecule has 4 aromatic heterocycles. The fraction of sp³-hybridized carbons (Fsp3) is 0.0417. The summed E-state index contributed by atoms with van der Waals surface area (Å²) in [6.45, 7) is 2.00. The lowest BCUT2D eigenvalue weighted by Gasteiger charge is -2.03. The maximum Gasteiger partial charge on any atom is 0.116 e. The summed E-state index contributed by atoms with van der Waals surface area (Å²) in [4.78, 5) is 12.0. The van der Waals surface area contributed by atoms with Gasteiger partial charge in [0.2, 0.25) is 0 Å². The van der Waals surface area contributed by atoms with E-state index in [1.165, 1.54) is 0 Å². The van der Waals surface area contributed by atoms with Gasteiger partial charge in [-0.25, -0.2) is 4.98 Å². The zero-order valence-corrected chi connectivity index (χ0v) is 16.3. The van der Waals surface area contributed by atoms with E-state index in [4.69, 9.17) is 0 Å². The number of benzene rings is 2. The quantitative estimate of drug-likeness (QED) is 0.432. The zero-order valence-electron chi connectivity index (χ0n) is 16.3. The van der Waals surface area contributed by atoms with Crippen molar-refractivity contribution in [3.05, 3.63) is 85.2 Å². The molecule has 6 heteroatoms. The van der Waals surface area contributed by atoms with E-state index >= 15 is 0 Å². The lowest BCUT2D eigenvalue weighted by Crippen LogP contribution is -1.89. The normalized spacial score (nSPS) is 11.5. The average molecular weight is 390 g/mol. The third kappa shape index (κ3) is 2.62. The molecule has 0 saturated carbocycles. The molecular formula is C24H18N6. The first-order chi connectivity index (χ1) is 14.8. The smallest absolute Gasteiger partial charge is 0.116 e. The molecule has 0 saturated heterocycles. The van der Waals surface area contributed by atoms with Crippen LogP contribution in [0.5, 0.6) is 0 Å². The van der Waals surface area contributed by atoms with Crippen molar-refractivity contribution < 1.29 is 0 Å². The van der Waals surface area contributed by atoms with Crippen molar-refractivity contribution in [2.45, 2.75) is 6.92 Å². The van der Waals surface area contributed by atoms with Crippen molar-refractivity contribution in [1.82, 2.24) is 29.7 Å². The van der Waals surface area contributed by atoms with Crippen LogP contribution in [0.3, 0.4) is 0 Å². The van der Waals surface area contributed by atoms with E-state index < -0.39 is 0 Å². The topological polar surface area (TPSA) is 75.2 Å². The maximum absolute atomic E-state index is 4.61. The number of hydrogen-bond donors (Lipinski definition) is 2. The number of aryl methyl sites for hydroxylation is 1. The van der Waals surface area contributed by atoms with Crippen molar-refractivity contribution >= 4 is 21.8 Å². The molecule has 2 aromatic carbocycles. The second kappa shape index (κ2) is 6.42. The van der Waals surface area contributed by atoms with E-state index in [-0.39, 0.29) is 0 Å². The third-order valence-electron chi connectivity index (χ3n) is 5.46. The number of fused-ring (bicyclic) bond motifs is 2. The Morgan fingerprint density at radius 1 is 0.867 bits per heavy atom. The molecule has 0 aliphatic rings. The Morgan fingerprint density at radius 2 is 1.77 bits per heavy atom. The van der Waals surface area contributed by atoms with Gasteiger partial charge in [-0.3, -0.25) is 10.1 Å². The maximum atomic E-state index is 4.61. The second-order valence-electron chi connectivity index (χ2n) is 7.41. The van der Waals surface area contributed by atoms with Gasteiger partial charge in [0, 0.05) is 34.9 Å². The SMILES string of the molecule is Cc1cn(-c2cccc3[nH]c(-c4n[nH]c5ccc(-c6ccncc6)cc45)cc23)cn1. The van der Waals surface area contributed by atoms with Gasteiger partial charge in [-0.15, -0.1) is 0 Å². The molecule has 0 unspecified atom stereocenters. The van der Waals surface area contributed by atoms with E-state index in [0.29, 0.717) is 0 Å². The number of nitrogens with zero attached hydrogens (tertiary/aromatic N) is 4. The van der Waals surface area contributed by atoms with Crippen LogP contribution in [0.4, 0.5) is 0 Å². The lowest BCUT2D eigenvalue weighted by molar-refractivity contribution is 1.07. The molecule has 2 N–H and O–H groups in total. The Bertz CT molecular complexity index is 1500. The summed E-state index contributed by atoms with van der Waals surface area (Å²) in [7, 11) is 0. The van der Waals surface area contributed by atoms with Crippen LogP contribution in [-0.4, -0.2) is 29.7 Å². The van der Waals surface area contributed by atoms with Gasteiger partial charge >= 0.3 is 0 Å². The highest BCUT2D eigenvalue weighted by atomic mass is 15.1. The van der Waals surface area contributed by atoms with Crippen molar-refractivity contribution in [2.24, 2.45) is 0 Å². The molecular weight excluding hydrogens is 372 g/mol. The first kappa shape index (κ1) is 16.7. The summed E-state index contributed by atoms with van der Waals surface area (Å²) in [6.07, 6.45) is 7.51. The number of imidazole rings is 1. The van der Waals surface area contributed by atoms with Crippen LogP contribution in [-0.2, 0) is 0 Å². The predicted octanol–water partition coefficient (Wildman–Crippen LogP) is 5.27. The van der Waals surface area contributed by atoms with Crippen molar-refractivity contribution in [3.63, 3.8) is 0 Å². The Hall–Kier alpha value is -4.19. The Morgan fingerprint density at radius 3 is 2.60 bits per heavy atom. The summed E-state index contributed by atoms with van der Waals surface area (Å²) in [5.41, 5.74) is 8.31. The van der Waals surface area contributed by atoms with Crippen LogP contribution in [0.2, 0.25) is 0 Å². The highest BCUT2D eigenvalue weighted by Gasteiger charge is 2.14. The number of H-pyrrole nitrogens is 2. The summed E-state index contributed by atoms with van der Waals surface area (Å²) >= 11 is 0. The predicted molar refractivity (Wildman–Crippen MR) is 118 cm³/mol. The average Bonchev–Trinajstić information content (AvgIpc) is 3.51. The molecule has 6 aromatic rings. The van der Waals surface area contributed by atoms with Gasteiger partial charge in [0.1, 0.15) is 5.69 Å². The minimum absolute atomic E-state index is 0.907. The van der Waals surface area contributed by atoms with Gasteiger partial charge in [0.15, 0.2) is 0 Å². The van der Waals surface area contributed by atoms with Crippen molar-refractivity contribution in [2.75, 3.05) is 0 Å². The minimum atomic E-state index is 0.907. The Kier molecular flexibility index (Phi) is 3.58. The van der Waals surface area contributed by atoms with Gasteiger partial charge in [-0.2, -0.15) is 5.10 Å². The van der Waals surface area contributed by atoms with Crippen molar-refractivity contribution in [1.29, 1.82) is 0 Å². The molecule has 0 aliphatic carbocycles. The molecule has 0 radical (unpaired) electrons. The molecule has 0 amide bonds. The first-order valence-corrected chi connectivity index (χ1v) is 9.78. The number of nitrogens with one attached hydrogen (secondary N) is 2. The summed E-state index contributed by atoms with van der Waals surface area (Å²) in [6, 6.07) is 18.8. The highest BCUT2D eigenvalue weighted by Crippen LogP contribution is 2.33. The number of hydrogen-bond acceptors (Lipinski definition) is 3. The summed E-state index contributed by atoms with van der Waals surface area (Å²) in [5.74, 6) is 0. The highest BCUT2D eigenvalue weighted by molar-refractivity contribution is 5.99. The standard InChI is InChI=1S/C24H18N6/c1-15-13-30(14-26-15)23-4-2-3-20-18(23)12-22(27-20)24-19-11-17(5-6-21(19)28-29-24)16-7-9-25-10-8-16/h2-14,27H,1H3,(H,28,29). The summed E-state index contributed by atoms with van der Waals surface area (Å²) in [5, 5.41) is 9.99. The first-order valence-electron chi connectivity index (χ1n) is 9.78. The van der Waals surface area contributed by atoms with Crippen LogP contribution in [0, 0.1) is 6.92 Å². The summed E-state index contributed by atoms with van der Waals surface area (Å²) < 4.78 is 2.06. The molecule has 4 heterocycles. The van der Waals surface area contributed by atoms with Gasteiger partial charge in [0.25, 0.3) is 0 Å². The molecule has 0 bridgehead atoms. The van der Waals surface area contributed by atoms with E-state index in [1.54, 1.807) is 0 Å². The largest absolute Gasteiger partial charge is 0.353 e. The third-order valence-corrected chi connectivity index (χ3v) is 5.46. The molecule has 0 atom stereocenters. The van der Waals surface area contributed by atoms with E-state index in [2.05, 4.69) is 72.2 Å². The molecule has 0 fully saturated rings. The zero-order chi connectivity index (χ0) is 20.1. The molecule has 30 heavy (non-hydrogen) atoms. The second-order valence-corrected chi connectivity index (χ2v) is 7.41. The van der Waals surface area contributed by atoms with E-state index in [9.17, 15) is 0 Å². The fourth-order valence-corrected chi connectivity index (χ4v) is 3.99. The molecule has 0 aliphatic heterocycles. The van der Waals surface area contributed by atoms with Crippen molar-refractivity contribution in [3.8, 4) is 28.2 Å². The minimum Gasteiger partial charge on any atom is -0.353 e. The van der Waals surface area contributed by atoms with E-state index in [1.807, 2.05) is 44.0 Å². The van der Waals surface area contributed by atoms with Crippen LogP contribution >= 0.6 is 0 Å². The lowest BCUT2D eigenvalue weighted by atomic mass is 10.0. The van der Waals surface area contributed by atoms with Crippen LogP contribution in [0.15, 0.2) is 79.5 Å². The van der Waals surface area contributed by atoms with Gasteiger partial charge in [0.05, 0.1) is 28.9 Å². The number of aromatic nitrogens is 6. The number of pyridine rings is 1. The number of aromatic amines is 2. The van der Waals surface area contributed by atoms with Gasteiger partial charge < -0.3 is 9.55 Å². The molecule has 6 nitrogen and oxygen atoms in total. The monoisotopic (exact) mass is 390 g/mol. The fourth-order valence-electron chi connectivity index (χ4n) is 3.99. The van der Waals surface area contributed by atoms with Crippen LogP contribution in [0.1, 0.15) is 5.69 Å². The Balaban J connectivity index is 1.52. The van der Waals surface area contributed by atoms with E-state index in [0.717, 1.165) is 55.7 Å². The van der Waals surface area contributed by atoms with Gasteiger partial charge in [-0.1, -0.05) is 12.1 Å². The molecule has 144 valence electrons. The molecule has 0 spiro atoms. The van der Waals surface area contributed by atoms with Gasteiger partial charge in [-0.05, 0) is 60.5 Å². The molecule has 6 rings (SSSR count). The number of rotatable bonds is 3. The Labute approximate surface area is 172 Å².